The molecule has 0 radical (unpaired) electrons. The van der Waals surface area contributed by atoms with E-state index in [-0.39, 0.29) is 11.7 Å². The summed E-state index contributed by atoms with van der Waals surface area (Å²) >= 11 is 0. The quantitative estimate of drug-likeness (QED) is 0.738. The monoisotopic (exact) mass is 324 g/mol. The lowest BCUT2D eigenvalue weighted by Crippen LogP contribution is -2.31. The highest BCUT2D eigenvalue weighted by Gasteiger charge is 2.15. The molecule has 1 amide bonds. The Kier molecular flexibility index (Phi) is 4.16. The zero-order chi connectivity index (χ0) is 17.3. The standard InChI is InChI=1S/C19H18FN3O/c1-13-10-14(2)18(15(3)11-13)22-8-9-23(12-22)21-19(24)16-4-6-17(20)7-5-16/h4-12H,1-3H3/p+1. The Hall–Kier alpha value is -2.95. The lowest BCUT2D eigenvalue weighted by atomic mass is 10.1. The summed E-state index contributed by atoms with van der Waals surface area (Å²) in [4.78, 5) is 12.2. The van der Waals surface area contributed by atoms with Crippen molar-refractivity contribution >= 4 is 5.91 Å². The maximum absolute atomic E-state index is 12.9. The lowest BCUT2D eigenvalue weighted by Gasteiger charge is -2.07. The minimum Gasteiger partial charge on any atom is -0.266 e. The smallest absolute Gasteiger partial charge is 0.266 e. The van der Waals surface area contributed by atoms with Crippen molar-refractivity contribution < 1.29 is 13.8 Å². The third kappa shape index (κ3) is 3.20. The summed E-state index contributed by atoms with van der Waals surface area (Å²) < 4.78 is 16.5. The van der Waals surface area contributed by atoms with E-state index in [9.17, 15) is 9.18 Å². The van der Waals surface area contributed by atoms with Gasteiger partial charge in [-0.1, -0.05) is 17.7 Å². The second-order valence-electron chi connectivity index (χ2n) is 5.92. The topological polar surface area (TPSA) is 37.9 Å². The Morgan fingerprint density at radius 1 is 1.08 bits per heavy atom. The van der Waals surface area contributed by atoms with E-state index in [0.29, 0.717) is 5.56 Å². The van der Waals surface area contributed by atoms with Crippen molar-refractivity contribution in [2.75, 3.05) is 5.43 Å². The van der Waals surface area contributed by atoms with Gasteiger partial charge in [-0.3, -0.25) is 4.79 Å². The fraction of sp³-hybridized carbons (Fsp3) is 0.158. The van der Waals surface area contributed by atoms with E-state index in [1.807, 2.05) is 10.8 Å². The molecule has 1 heterocycles. The predicted molar refractivity (Wildman–Crippen MR) is 90.3 cm³/mol. The summed E-state index contributed by atoms with van der Waals surface area (Å²) in [6, 6.07) is 9.70. The molecule has 1 aromatic heterocycles. The number of hydrogen-bond acceptors (Lipinski definition) is 1. The van der Waals surface area contributed by atoms with Crippen LogP contribution in [-0.4, -0.2) is 10.6 Å². The fourth-order valence-corrected chi connectivity index (χ4v) is 2.92. The van der Waals surface area contributed by atoms with Gasteiger partial charge in [0, 0.05) is 5.56 Å². The molecule has 0 fully saturated rings. The molecule has 0 spiro atoms. The van der Waals surface area contributed by atoms with Gasteiger partial charge in [0.25, 0.3) is 12.2 Å². The molecule has 0 unspecified atom stereocenters. The molecule has 0 aliphatic rings. The number of amides is 1. The number of imidazole rings is 1. The number of carbonyl (C=O) groups is 1. The molecular formula is C19H19FN3O+. The van der Waals surface area contributed by atoms with E-state index in [4.69, 9.17) is 0 Å². The molecule has 0 aliphatic heterocycles. The van der Waals surface area contributed by atoms with Crippen LogP contribution in [0.1, 0.15) is 27.0 Å². The van der Waals surface area contributed by atoms with Crippen molar-refractivity contribution in [3.05, 3.63) is 83.2 Å². The van der Waals surface area contributed by atoms with E-state index in [2.05, 4.69) is 38.3 Å². The normalized spacial score (nSPS) is 10.7. The van der Waals surface area contributed by atoms with Crippen molar-refractivity contribution in [2.24, 2.45) is 0 Å². The molecular weight excluding hydrogens is 305 g/mol. The van der Waals surface area contributed by atoms with Gasteiger partial charge in [0.2, 0.25) is 0 Å². The van der Waals surface area contributed by atoms with Gasteiger partial charge in [-0.25, -0.2) is 4.39 Å². The highest BCUT2D eigenvalue weighted by molar-refractivity contribution is 5.99. The Balaban J connectivity index is 1.84. The number of benzene rings is 2. The summed E-state index contributed by atoms with van der Waals surface area (Å²) in [6.45, 7) is 6.20. The van der Waals surface area contributed by atoms with Crippen LogP contribution in [0.3, 0.4) is 0 Å². The van der Waals surface area contributed by atoms with Crippen LogP contribution in [0.25, 0.3) is 5.69 Å². The minimum absolute atomic E-state index is 0.296. The maximum atomic E-state index is 12.9. The summed E-state index contributed by atoms with van der Waals surface area (Å²) in [5.74, 6) is -0.661. The number of halogens is 1. The second-order valence-corrected chi connectivity index (χ2v) is 5.92. The Morgan fingerprint density at radius 2 is 1.71 bits per heavy atom. The fourth-order valence-electron chi connectivity index (χ4n) is 2.92. The Morgan fingerprint density at radius 3 is 2.33 bits per heavy atom. The average Bonchev–Trinajstić information content (AvgIpc) is 2.95. The molecule has 5 heteroatoms. The molecule has 0 atom stereocenters. The Labute approximate surface area is 140 Å². The molecule has 1 N–H and O–H groups in total. The van der Waals surface area contributed by atoms with Crippen LogP contribution in [0.5, 0.6) is 0 Å². The van der Waals surface area contributed by atoms with Gasteiger partial charge in [-0.2, -0.15) is 9.99 Å². The van der Waals surface area contributed by atoms with Crippen LogP contribution in [0.4, 0.5) is 4.39 Å². The third-order valence-corrected chi connectivity index (χ3v) is 3.87. The van der Waals surface area contributed by atoms with Gasteiger partial charge >= 0.3 is 0 Å². The molecule has 4 nitrogen and oxygen atoms in total. The molecule has 2 aromatic carbocycles. The van der Waals surface area contributed by atoms with Crippen LogP contribution in [-0.2, 0) is 0 Å². The second kappa shape index (κ2) is 6.28. The summed E-state index contributed by atoms with van der Waals surface area (Å²) in [6.07, 6.45) is 5.45. The van der Waals surface area contributed by atoms with E-state index < -0.39 is 0 Å². The molecule has 0 aliphatic carbocycles. The van der Waals surface area contributed by atoms with Crippen molar-refractivity contribution in [1.29, 1.82) is 0 Å². The van der Waals surface area contributed by atoms with Gasteiger partial charge in [-0.15, -0.1) is 4.68 Å². The van der Waals surface area contributed by atoms with Crippen molar-refractivity contribution in [2.45, 2.75) is 20.8 Å². The van der Waals surface area contributed by atoms with Gasteiger partial charge < -0.3 is 0 Å². The zero-order valence-electron chi connectivity index (χ0n) is 13.9. The van der Waals surface area contributed by atoms with Gasteiger partial charge in [0.1, 0.15) is 17.7 Å². The zero-order valence-corrected chi connectivity index (χ0v) is 13.9. The first-order chi connectivity index (χ1) is 11.4. The Bertz CT molecular complexity index is 874. The molecule has 122 valence electrons. The SMILES string of the molecule is Cc1cc(C)c(-[n+]2ccn(NC(=O)c3ccc(F)cc3)c2)c(C)c1. The summed E-state index contributed by atoms with van der Waals surface area (Å²) in [5.41, 5.74) is 7.80. The van der Waals surface area contributed by atoms with Crippen molar-refractivity contribution in [3.8, 4) is 5.69 Å². The first kappa shape index (κ1) is 15.9. The van der Waals surface area contributed by atoms with Crippen molar-refractivity contribution in [1.82, 2.24) is 4.68 Å². The molecule has 0 saturated carbocycles. The van der Waals surface area contributed by atoms with E-state index >= 15 is 0 Å². The minimum atomic E-state index is -0.365. The van der Waals surface area contributed by atoms with Crippen LogP contribution in [0.15, 0.2) is 55.1 Å². The average molecular weight is 324 g/mol. The first-order valence-electron chi connectivity index (χ1n) is 7.68. The molecule has 0 bridgehead atoms. The van der Waals surface area contributed by atoms with Crippen LogP contribution in [0.2, 0.25) is 0 Å². The molecule has 24 heavy (non-hydrogen) atoms. The molecule has 0 saturated heterocycles. The van der Waals surface area contributed by atoms with Gasteiger partial charge in [0.05, 0.1) is 0 Å². The summed E-state index contributed by atoms with van der Waals surface area (Å²) in [7, 11) is 0. The third-order valence-electron chi connectivity index (χ3n) is 3.87. The van der Waals surface area contributed by atoms with Gasteiger partial charge in [-0.05, 0) is 56.2 Å². The number of rotatable bonds is 3. The number of nitrogens with one attached hydrogen (secondary N) is 1. The number of aryl methyl sites for hydroxylation is 3. The van der Waals surface area contributed by atoms with E-state index in [1.165, 1.54) is 41.0 Å². The number of carbonyl (C=O) groups excluding carboxylic acids is 1. The number of hydrogen-bond donors (Lipinski definition) is 1. The van der Waals surface area contributed by atoms with Crippen LogP contribution < -0.4 is 9.99 Å². The van der Waals surface area contributed by atoms with E-state index in [0.717, 1.165) is 5.69 Å². The first-order valence-corrected chi connectivity index (χ1v) is 7.68. The van der Waals surface area contributed by atoms with E-state index in [1.54, 1.807) is 17.2 Å². The van der Waals surface area contributed by atoms with Crippen LogP contribution >= 0.6 is 0 Å². The maximum Gasteiger partial charge on any atom is 0.286 e. The highest BCUT2D eigenvalue weighted by Crippen LogP contribution is 2.16. The van der Waals surface area contributed by atoms with Crippen molar-refractivity contribution in [3.63, 3.8) is 0 Å². The van der Waals surface area contributed by atoms with Crippen LogP contribution in [0, 0.1) is 26.6 Å². The molecule has 3 aromatic rings. The molecule has 3 rings (SSSR count). The number of aromatic nitrogens is 2. The highest BCUT2D eigenvalue weighted by atomic mass is 19.1. The largest absolute Gasteiger partial charge is 0.286 e. The number of nitrogens with zero attached hydrogens (tertiary/aromatic N) is 2. The lowest BCUT2D eigenvalue weighted by molar-refractivity contribution is -0.595. The van der Waals surface area contributed by atoms with Gasteiger partial charge in [0.15, 0.2) is 6.20 Å². The predicted octanol–water partition coefficient (Wildman–Crippen LogP) is 3.21. The summed E-state index contributed by atoms with van der Waals surface area (Å²) in [5, 5.41) is 0.